The van der Waals surface area contributed by atoms with Crippen LogP contribution in [0.5, 0.6) is 0 Å². The van der Waals surface area contributed by atoms with Crippen molar-refractivity contribution >= 4 is 41.9 Å². The van der Waals surface area contributed by atoms with E-state index in [1.165, 1.54) is 23.5 Å². The summed E-state index contributed by atoms with van der Waals surface area (Å²) < 4.78 is 39.1. The van der Waals surface area contributed by atoms with Gasteiger partial charge in [0.1, 0.15) is 30.2 Å². The SMILES string of the molecule is CNc1ncnc2c1ncn2C1OC2COP(=O)(O)OC3C(CCCC2C1O)OC(n1cnc2c(=O)[nH]c(N)nc21)C3O. The number of aromatic amines is 1. The number of nitrogen functional groups attached to an aromatic ring is 1. The van der Waals surface area contributed by atoms with Gasteiger partial charge in [-0.1, -0.05) is 6.42 Å². The molecule has 0 radical (unpaired) electrons. The summed E-state index contributed by atoms with van der Waals surface area (Å²) in [5.41, 5.74) is 6.10. The number of rotatable bonds is 3. The Hall–Kier alpha value is -3.55. The van der Waals surface area contributed by atoms with Gasteiger partial charge in [-0.05, 0) is 12.8 Å². The van der Waals surface area contributed by atoms with Crippen molar-refractivity contribution in [3.8, 4) is 0 Å². The Balaban J connectivity index is 1.14. The van der Waals surface area contributed by atoms with Gasteiger partial charge in [-0.25, -0.2) is 24.5 Å². The number of nitrogens with zero attached hydrogens (tertiary/aromatic N) is 7. The zero-order chi connectivity index (χ0) is 30.0. The van der Waals surface area contributed by atoms with Gasteiger partial charge in [0.15, 0.2) is 35.1 Å². The van der Waals surface area contributed by atoms with Gasteiger partial charge in [-0.2, -0.15) is 4.98 Å². The second-order valence-electron chi connectivity index (χ2n) is 10.6. The Kier molecular flexibility index (Phi) is 6.94. The van der Waals surface area contributed by atoms with Gasteiger partial charge in [0.05, 0.1) is 31.5 Å². The second kappa shape index (κ2) is 10.6. The monoisotopic (exact) mass is 620 g/mol. The van der Waals surface area contributed by atoms with Crippen LogP contribution in [0.2, 0.25) is 0 Å². The maximum absolute atomic E-state index is 13.1. The number of imidazole rings is 2. The number of aliphatic hydroxyl groups excluding tert-OH is 2. The van der Waals surface area contributed by atoms with E-state index in [2.05, 4.69) is 35.2 Å². The van der Waals surface area contributed by atoms with E-state index >= 15 is 0 Å². The lowest BCUT2D eigenvalue weighted by Crippen LogP contribution is -2.34. The molecule has 9 atom stereocenters. The van der Waals surface area contributed by atoms with E-state index in [1.807, 2.05) is 0 Å². The van der Waals surface area contributed by atoms with Crippen molar-refractivity contribution in [2.24, 2.45) is 5.92 Å². The topological polar surface area (TPSA) is 260 Å². The summed E-state index contributed by atoms with van der Waals surface area (Å²) in [4.78, 5) is 46.2. The van der Waals surface area contributed by atoms with E-state index in [0.717, 1.165) is 0 Å². The number of hydrogen-bond acceptors (Lipinski definition) is 15. The first kappa shape index (κ1) is 28.2. The summed E-state index contributed by atoms with van der Waals surface area (Å²) in [6.07, 6.45) is -2.14. The van der Waals surface area contributed by atoms with Crippen molar-refractivity contribution in [1.29, 1.82) is 0 Å². The van der Waals surface area contributed by atoms with Gasteiger partial charge in [0.2, 0.25) is 5.95 Å². The molecule has 7 N–H and O–H groups in total. The van der Waals surface area contributed by atoms with Crippen molar-refractivity contribution < 1.29 is 38.2 Å². The minimum atomic E-state index is -4.76. The molecule has 3 saturated heterocycles. The molecule has 7 rings (SSSR count). The number of aliphatic hydroxyl groups is 2. The average molecular weight is 621 g/mol. The van der Waals surface area contributed by atoms with Crippen molar-refractivity contribution in [2.45, 2.75) is 62.2 Å². The maximum atomic E-state index is 13.1. The fourth-order valence-electron chi connectivity index (χ4n) is 6.11. The van der Waals surface area contributed by atoms with Crippen LogP contribution in [0.1, 0.15) is 31.7 Å². The van der Waals surface area contributed by atoms with Gasteiger partial charge < -0.3 is 35.6 Å². The normalized spacial score (nSPS) is 35.1. The molecule has 0 amide bonds. The summed E-state index contributed by atoms with van der Waals surface area (Å²) in [5.74, 6) is -0.145. The number of hydrogen-bond donors (Lipinski definition) is 6. The van der Waals surface area contributed by atoms with E-state index in [-0.39, 0.29) is 30.1 Å². The van der Waals surface area contributed by atoms with Crippen LogP contribution in [0.3, 0.4) is 0 Å². The highest BCUT2D eigenvalue weighted by atomic mass is 31.2. The molecule has 4 aromatic rings. The van der Waals surface area contributed by atoms with Crippen LogP contribution in [0.4, 0.5) is 11.8 Å². The number of nitrogens with one attached hydrogen (secondary N) is 2. The van der Waals surface area contributed by atoms with Gasteiger partial charge in [-0.15, -0.1) is 0 Å². The van der Waals surface area contributed by atoms with Crippen molar-refractivity contribution in [1.82, 2.24) is 39.0 Å². The van der Waals surface area contributed by atoms with E-state index in [0.29, 0.717) is 29.8 Å². The van der Waals surface area contributed by atoms with Crippen LogP contribution < -0.4 is 16.6 Å². The highest BCUT2D eigenvalue weighted by Gasteiger charge is 2.51. The molecule has 7 heterocycles. The summed E-state index contributed by atoms with van der Waals surface area (Å²) in [5, 5.41) is 25.5. The first-order valence-electron chi connectivity index (χ1n) is 13.6. The lowest BCUT2D eigenvalue weighted by Gasteiger charge is -2.23. The number of H-pyrrole nitrogens is 1. The molecule has 0 saturated carbocycles. The molecule has 20 heteroatoms. The highest BCUT2D eigenvalue weighted by molar-refractivity contribution is 7.47. The fourth-order valence-corrected chi connectivity index (χ4v) is 7.07. The summed E-state index contributed by atoms with van der Waals surface area (Å²) in [6.45, 7) is -0.370. The number of aromatic nitrogens is 8. The third-order valence-corrected chi connectivity index (χ3v) is 9.09. The van der Waals surface area contributed by atoms with E-state index in [4.69, 9.17) is 24.3 Å². The number of ether oxygens (including phenoxy) is 2. The number of fused-ring (bicyclic) bond motifs is 4. The lowest BCUT2D eigenvalue weighted by atomic mass is 9.91. The van der Waals surface area contributed by atoms with Crippen LogP contribution in [0.15, 0.2) is 23.8 Å². The van der Waals surface area contributed by atoms with Crippen molar-refractivity contribution in [2.75, 3.05) is 24.7 Å². The summed E-state index contributed by atoms with van der Waals surface area (Å²) >= 11 is 0. The quantitative estimate of drug-likeness (QED) is 0.156. The first-order valence-corrected chi connectivity index (χ1v) is 15.0. The molecule has 0 spiro atoms. The van der Waals surface area contributed by atoms with Crippen LogP contribution in [0.25, 0.3) is 22.3 Å². The van der Waals surface area contributed by atoms with Gasteiger partial charge in [0, 0.05) is 13.0 Å². The predicted molar refractivity (Wildman–Crippen MR) is 145 cm³/mol. The molecule has 3 aliphatic heterocycles. The maximum Gasteiger partial charge on any atom is 0.472 e. The van der Waals surface area contributed by atoms with E-state index < -0.39 is 62.3 Å². The molecule has 0 aromatic carbocycles. The van der Waals surface area contributed by atoms with Crippen molar-refractivity contribution in [3.05, 3.63) is 29.3 Å². The molecule has 4 aromatic heterocycles. The standard InChI is InChI=1S/C23H29N10O9P/c1-25-17-12-18(27-6-26-17)32(7-28-12)21-14(34)9-3-2-4-10-16(42-43(37,38)39-5-11(9)41-21)15(35)22(40-10)33-8-29-13-19(33)30-23(24)31-20(13)36/h6-11,14-16,21-22,34-35H,2-5H2,1H3,(H,37,38)(H,25,26,27)(H3,24,30,31,36). The van der Waals surface area contributed by atoms with Gasteiger partial charge >= 0.3 is 7.82 Å². The van der Waals surface area contributed by atoms with Gasteiger partial charge in [-0.3, -0.25) is 28.0 Å². The van der Waals surface area contributed by atoms with Crippen LogP contribution >= 0.6 is 7.82 Å². The smallest absolute Gasteiger partial charge is 0.388 e. The zero-order valence-electron chi connectivity index (χ0n) is 22.6. The molecule has 0 aliphatic carbocycles. The van der Waals surface area contributed by atoms with Crippen LogP contribution in [0, 0.1) is 5.92 Å². The Morgan fingerprint density at radius 3 is 2.53 bits per heavy atom. The predicted octanol–water partition coefficient (Wildman–Crippen LogP) is -0.598. The van der Waals surface area contributed by atoms with Crippen LogP contribution in [-0.2, 0) is 23.1 Å². The number of nitrogens with two attached hydrogens (primary N) is 1. The van der Waals surface area contributed by atoms with Gasteiger partial charge in [0.25, 0.3) is 5.56 Å². The lowest BCUT2D eigenvalue weighted by molar-refractivity contribution is -0.0529. The van der Waals surface area contributed by atoms with E-state index in [9.17, 15) is 24.5 Å². The minimum absolute atomic E-state index is 0.0217. The first-order chi connectivity index (χ1) is 20.6. The third-order valence-electron chi connectivity index (χ3n) is 8.11. The Bertz CT molecular complexity index is 1780. The average Bonchev–Trinajstić information content (AvgIpc) is 3.72. The van der Waals surface area contributed by atoms with E-state index in [1.54, 1.807) is 11.6 Å². The number of phosphoric acid groups is 1. The second-order valence-corrected chi connectivity index (χ2v) is 12.0. The molecule has 9 unspecified atom stereocenters. The van der Waals surface area contributed by atoms with Crippen molar-refractivity contribution in [3.63, 3.8) is 0 Å². The number of phosphoric ester groups is 1. The molecule has 3 aliphatic rings. The molecule has 230 valence electrons. The Labute approximate surface area is 241 Å². The largest absolute Gasteiger partial charge is 0.472 e. The molecule has 0 bridgehead atoms. The molecular formula is C23H29N10O9P. The molecular weight excluding hydrogens is 591 g/mol. The zero-order valence-corrected chi connectivity index (χ0v) is 23.5. The minimum Gasteiger partial charge on any atom is -0.388 e. The summed E-state index contributed by atoms with van der Waals surface area (Å²) in [6, 6.07) is 0. The third kappa shape index (κ3) is 4.77. The highest BCUT2D eigenvalue weighted by Crippen LogP contribution is 2.51. The molecule has 43 heavy (non-hydrogen) atoms. The summed E-state index contributed by atoms with van der Waals surface area (Å²) in [7, 11) is -3.06. The van der Waals surface area contributed by atoms with Crippen LogP contribution in [-0.4, -0.2) is 98.3 Å². The number of anilines is 2. The fraction of sp³-hybridized carbons (Fsp3) is 0.565. The Morgan fingerprint density at radius 1 is 1.02 bits per heavy atom. The molecule has 3 fully saturated rings. The molecule has 19 nitrogen and oxygen atoms in total. The Morgan fingerprint density at radius 2 is 1.74 bits per heavy atom.